The second kappa shape index (κ2) is 11.5. The Morgan fingerprint density at radius 3 is 2.59 bits per heavy atom. The predicted octanol–water partition coefficient (Wildman–Crippen LogP) is 1.40. The minimum absolute atomic E-state index is 0.0892. The van der Waals surface area contributed by atoms with Gasteiger partial charge in [-0.05, 0) is 29.7 Å². The standard InChI is InChI=1S/C27H33N5O7/c1-2-10-30-16-24(33)31-20(12-25(34)35)26(36)29(14-19-8-9-21-22(11-19)39-17-38-21)15-23(31)32(30)27(37)28-13-18-6-4-3-5-7-18/h3-9,11,20,23,26,36H,2,10,12-17H2,1H3,(H,28,37)(H,34,35)/t20-,23-,26?/m0/s1. The topological polar surface area (TPSA) is 135 Å². The minimum atomic E-state index is -1.25. The number of aliphatic hydroxyl groups excluding tert-OH is 1. The van der Waals surface area contributed by atoms with Gasteiger partial charge in [-0.15, -0.1) is 0 Å². The van der Waals surface area contributed by atoms with E-state index in [0.717, 1.165) is 11.1 Å². The summed E-state index contributed by atoms with van der Waals surface area (Å²) in [6.07, 6.45) is -1.83. The molecule has 3 amide bonds. The van der Waals surface area contributed by atoms with Gasteiger partial charge in [0, 0.05) is 26.2 Å². The summed E-state index contributed by atoms with van der Waals surface area (Å²) in [4.78, 5) is 41.9. The van der Waals surface area contributed by atoms with E-state index < -0.39 is 36.9 Å². The largest absolute Gasteiger partial charge is 0.481 e. The van der Waals surface area contributed by atoms with Gasteiger partial charge >= 0.3 is 12.0 Å². The maximum Gasteiger partial charge on any atom is 0.334 e. The summed E-state index contributed by atoms with van der Waals surface area (Å²) < 4.78 is 10.9. The second-order valence-electron chi connectivity index (χ2n) is 9.85. The summed E-state index contributed by atoms with van der Waals surface area (Å²) in [5.41, 5.74) is 1.73. The van der Waals surface area contributed by atoms with E-state index in [4.69, 9.17) is 9.47 Å². The number of aliphatic hydroxyl groups is 1. The Labute approximate surface area is 226 Å². The molecule has 3 heterocycles. The second-order valence-corrected chi connectivity index (χ2v) is 9.85. The molecule has 2 aromatic carbocycles. The fourth-order valence-corrected chi connectivity index (χ4v) is 5.44. The SMILES string of the molecule is CCCN1CC(=O)N2[C@@H](CC(=O)O)C(O)N(Cc3ccc4c(c3)OCO4)C[C@@H]2N1C(=O)NCc1ccccc1. The van der Waals surface area contributed by atoms with Crippen molar-refractivity contribution in [2.24, 2.45) is 0 Å². The van der Waals surface area contributed by atoms with Crippen molar-refractivity contribution in [1.82, 2.24) is 25.1 Å². The number of aliphatic carboxylic acids is 1. The van der Waals surface area contributed by atoms with E-state index in [0.29, 0.717) is 31.0 Å². The summed E-state index contributed by atoms with van der Waals surface area (Å²) >= 11 is 0. The molecule has 5 rings (SSSR count). The molecule has 3 aliphatic heterocycles. The van der Waals surface area contributed by atoms with E-state index >= 15 is 0 Å². The molecular formula is C27H33N5O7. The molecule has 1 unspecified atom stereocenters. The predicted molar refractivity (Wildman–Crippen MR) is 138 cm³/mol. The lowest BCUT2D eigenvalue weighted by Gasteiger charge is -2.57. The van der Waals surface area contributed by atoms with E-state index in [9.17, 15) is 24.6 Å². The number of rotatable bonds is 8. The molecule has 3 N–H and O–H groups in total. The van der Waals surface area contributed by atoms with Crippen LogP contribution in [0.4, 0.5) is 4.79 Å². The van der Waals surface area contributed by atoms with Gasteiger partial charge in [-0.2, -0.15) is 0 Å². The van der Waals surface area contributed by atoms with Crippen molar-refractivity contribution < 1.29 is 34.1 Å². The highest BCUT2D eigenvalue weighted by atomic mass is 16.7. The van der Waals surface area contributed by atoms with Crippen molar-refractivity contribution in [2.45, 2.75) is 51.3 Å². The number of amides is 3. The zero-order valence-corrected chi connectivity index (χ0v) is 21.7. The highest BCUT2D eigenvalue weighted by Crippen LogP contribution is 2.35. The highest BCUT2D eigenvalue weighted by Gasteiger charge is 2.51. The zero-order chi connectivity index (χ0) is 27.5. The van der Waals surface area contributed by atoms with Crippen LogP contribution in [0.3, 0.4) is 0 Å². The third-order valence-electron chi connectivity index (χ3n) is 7.17. The van der Waals surface area contributed by atoms with Crippen LogP contribution in [-0.2, 0) is 22.7 Å². The fraction of sp³-hybridized carbons (Fsp3) is 0.444. The van der Waals surface area contributed by atoms with Crippen LogP contribution in [0.5, 0.6) is 11.5 Å². The molecule has 0 spiro atoms. The van der Waals surface area contributed by atoms with Crippen LogP contribution in [0.1, 0.15) is 30.9 Å². The summed E-state index contributed by atoms with van der Waals surface area (Å²) in [7, 11) is 0. The van der Waals surface area contributed by atoms with Gasteiger partial charge in [0.25, 0.3) is 0 Å². The van der Waals surface area contributed by atoms with Crippen molar-refractivity contribution in [3.8, 4) is 11.5 Å². The molecule has 2 aromatic rings. The molecule has 2 fully saturated rings. The van der Waals surface area contributed by atoms with Gasteiger partial charge in [0.1, 0.15) is 12.4 Å². The smallest absolute Gasteiger partial charge is 0.334 e. The number of ether oxygens (including phenoxy) is 2. The van der Waals surface area contributed by atoms with E-state index in [1.165, 1.54) is 9.91 Å². The molecule has 12 heteroatoms. The molecule has 2 saturated heterocycles. The highest BCUT2D eigenvalue weighted by molar-refractivity contribution is 5.83. The Morgan fingerprint density at radius 1 is 1.08 bits per heavy atom. The first-order chi connectivity index (χ1) is 18.9. The third-order valence-corrected chi connectivity index (χ3v) is 7.17. The number of hydrogen-bond donors (Lipinski definition) is 3. The van der Waals surface area contributed by atoms with Crippen molar-refractivity contribution >= 4 is 17.9 Å². The zero-order valence-electron chi connectivity index (χ0n) is 21.7. The quantitative estimate of drug-likeness (QED) is 0.455. The van der Waals surface area contributed by atoms with Crippen LogP contribution >= 0.6 is 0 Å². The molecule has 3 aliphatic rings. The number of fused-ring (bicyclic) bond motifs is 2. The minimum Gasteiger partial charge on any atom is -0.481 e. The van der Waals surface area contributed by atoms with Crippen LogP contribution in [0.25, 0.3) is 0 Å². The van der Waals surface area contributed by atoms with E-state index in [2.05, 4.69) is 5.32 Å². The number of hydrazine groups is 1. The Balaban J connectivity index is 1.44. The average molecular weight is 540 g/mol. The number of carboxylic acid groups (broad SMARTS) is 1. The summed E-state index contributed by atoms with van der Waals surface area (Å²) in [5, 5.41) is 27.1. The van der Waals surface area contributed by atoms with Crippen molar-refractivity contribution in [1.29, 1.82) is 0 Å². The summed E-state index contributed by atoms with van der Waals surface area (Å²) in [5.74, 6) is -0.256. The number of piperazine rings is 1. The maximum atomic E-state index is 13.6. The number of hydrogen-bond acceptors (Lipinski definition) is 8. The lowest BCUT2D eigenvalue weighted by Crippen LogP contribution is -2.77. The van der Waals surface area contributed by atoms with E-state index in [1.54, 1.807) is 16.0 Å². The van der Waals surface area contributed by atoms with E-state index in [-0.39, 0.29) is 32.3 Å². The number of urea groups is 1. The number of nitrogens with one attached hydrogen (secondary N) is 1. The molecule has 0 radical (unpaired) electrons. The average Bonchev–Trinajstić information content (AvgIpc) is 3.38. The number of carbonyl (C=O) groups excluding carboxylic acids is 2. The van der Waals surface area contributed by atoms with Gasteiger partial charge in [0.05, 0.1) is 19.0 Å². The van der Waals surface area contributed by atoms with E-state index in [1.807, 2.05) is 49.4 Å². The van der Waals surface area contributed by atoms with Gasteiger partial charge in [0.2, 0.25) is 12.7 Å². The van der Waals surface area contributed by atoms with Gasteiger partial charge in [-0.25, -0.2) is 14.8 Å². The summed E-state index contributed by atoms with van der Waals surface area (Å²) in [6, 6.07) is 13.5. The third kappa shape index (κ3) is 5.63. The number of benzene rings is 2. The molecule has 0 aromatic heterocycles. The van der Waals surface area contributed by atoms with Crippen LogP contribution in [0.2, 0.25) is 0 Å². The van der Waals surface area contributed by atoms with Gasteiger partial charge < -0.3 is 29.9 Å². The Morgan fingerprint density at radius 2 is 1.85 bits per heavy atom. The van der Waals surface area contributed by atoms with Gasteiger partial charge in [-0.1, -0.05) is 43.3 Å². The van der Waals surface area contributed by atoms with Crippen LogP contribution in [0, 0.1) is 0 Å². The monoisotopic (exact) mass is 539 g/mol. The Kier molecular flexibility index (Phi) is 7.87. The lowest BCUT2D eigenvalue weighted by molar-refractivity contribution is -0.213. The van der Waals surface area contributed by atoms with Gasteiger partial charge in [-0.3, -0.25) is 14.5 Å². The Bertz CT molecular complexity index is 1210. The first kappa shape index (κ1) is 26.7. The fourth-order valence-electron chi connectivity index (χ4n) is 5.44. The van der Waals surface area contributed by atoms with Crippen molar-refractivity contribution in [2.75, 3.05) is 26.4 Å². The molecule has 0 saturated carbocycles. The molecule has 39 heavy (non-hydrogen) atoms. The molecule has 0 aliphatic carbocycles. The van der Waals surface area contributed by atoms with Crippen molar-refractivity contribution in [3.63, 3.8) is 0 Å². The molecule has 0 bridgehead atoms. The molecule has 12 nitrogen and oxygen atoms in total. The molecule has 3 atom stereocenters. The number of carboxylic acids is 1. The maximum absolute atomic E-state index is 13.6. The first-order valence-corrected chi connectivity index (χ1v) is 13.0. The van der Waals surface area contributed by atoms with Gasteiger partial charge in [0.15, 0.2) is 11.5 Å². The van der Waals surface area contributed by atoms with Crippen LogP contribution < -0.4 is 14.8 Å². The Hall–Kier alpha value is -3.87. The summed E-state index contributed by atoms with van der Waals surface area (Å²) in [6.45, 7) is 3.12. The van der Waals surface area contributed by atoms with Crippen LogP contribution in [0.15, 0.2) is 48.5 Å². The normalized spacial score (nSPS) is 23.0. The molecule has 208 valence electrons. The lowest BCUT2D eigenvalue weighted by atomic mass is 10.0. The first-order valence-electron chi connectivity index (χ1n) is 13.0. The molecular weight excluding hydrogens is 506 g/mol. The van der Waals surface area contributed by atoms with Crippen LogP contribution in [-0.4, -0.2) is 92.8 Å². The van der Waals surface area contributed by atoms with Crippen molar-refractivity contribution in [3.05, 3.63) is 59.7 Å². The number of nitrogens with zero attached hydrogens (tertiary/aromatic N) is 4. The number of carbonyl (C=O) groups is 3.